The van der Waals surface area contributed by atoms with Gasteiger partial charge in [-0.15, -0.1) is 0 Å². The zero-order chi connectivity index (χ0) is 10.2. The largest absolute Gasteiger partial charge is 0.394 e. The summed E-state index contributed by atoms with van der Waals surface area (Å²) in [5.41, 5.74) is -0.196. The second-order valence-corrected chi connectivity index (χ2v) is 2.56. The number of hydrogen-bond acceptors (Lipinski definition) is 5. The Morgan fingerprint density at radius 1 is 1.57 bits per heavy atom. The van der Waals surface area contributed by atoms with Gasteiger partial charge < -0.3 is 20.1 Å². The van der Waals surface area contributed by atoms with Gasteiger partial charge in [-0.1, -0.05) is 0 Å². The van der Waals surface area contributed by atoms with Crippen molar-refractivity contribution in [3.05, 3.63) is 22.7 Å². The number of ether oxygens (including phenoxy) is 1. The van der Waals surface area contributed by atoms with Crippen LogP contribution in [-0.4, -0.2) is 41.4 Å². The highest BCUT2D eigenvalue weighted by Crippen LogP contribution is 1.92. The molecule has 0 unspecified atom stereocenters. The van der Waals surface area contributed by atoms with Gasteiger partial charge in [-0.3, -0.25) is 4.79 Å². The van der Waals surface area contributed by atoms with Gasteiger partial charge in [-0.25, -0.2) is 4.98 Å². The minimum absolute atomic E-state index is 0.0171. The molecule has 0 spiro atoms. The molecule has 1 aromatic heterocycles. The summed E-state index contributed by atoms with van der Waals surface area (Å²) in [4.78, 5) is 17.1. The van der Waals surface area contributed by atoms with Crippen LogP contribution in [0.1, 0.15) is 0 Å². The first-order valence-corrected chi connectivity index (χ1v) is 4.30. The zero-order valence-corrected chi connectivity index (χ0v) is 7.69. The highest BCUT2D eigenvalue weighted by molar-refractivity contribution is 5.31. The van der Waals surface area contributed by atoms with Crippen LogP contribution in [0.2, 0.25) is 0 Å². The molecule has 0 radical (unpaired) electrons. The van der Waals surface area contributed by atoms with Crippen LogP contribution in [0, 0.1) is 0 Å². The van der Waals surface area contributed by atoms with Crippen LogP contribution in [0.25, 0.3) is 0 Å². The van der Waals surface area contributed by atoms with E-state index < -0.39 is 0 Å². The molecule has 0 saturated heterocycles. The fourth-order valence-electron chi connectivity index (χ4n) is 0.883. The lowest BCUT2D eigenvalue weighted by Crippen LogP contribution is -2.14. The van der Waals surface area contributed by atoms with E-state index in [0.29, 0.717) is 25.6 Å². The minimum atomic E-state index is -0.196. The van der Waals surface area contributed by atoms with E-state index in [-0.39, 0.29) is 12.2 Å². The smallest absolute Gasteiger partial charge is 0.252 e. The summed E-state index contributed by atoms with van der Waals surface area (Å²) in [5.74, 6) is 0.515. The first kappa shape index (κ1) is 10.7. The van der Waals surface area contributed by atoms with Gasteiger partial charge in [0.05, 0.1) is 26.1 Å². The van der Waals surface area contributed by atoms with Crippen molar-refractivity contribution in [1.29, 1.82) is 0 Å². The molecule has 0 atom stereocenters. The van der Waals surface area contributed by atoms with Crippen molar-refractivity contribution in [3.63, 3.8) is 0 Å². The predicted octanol–water partition coefficient (Wildman–Crippen LogP) is -0.809. The van der Waals surface area contributed by atoms with Crippen molar-refractivity contribution in [2.45, 2.75) is 0 Å². The Kier molecular flexibility index (Phi) is 4.66. The molecule has 0 aromatic carbocycles. The molecule has 0 aliphatic carbocycles. The Labute approximate surface area is 80.9 Å². The summed E-state index contributed by atoms with van der Waals surface area (Å²) in [5, 5.41) is 11.3. The van der Waals surface area contributed by atoms with E-state index in [4.69, 9.17) is 9.84 Å². The molecule has 3 N–H and O–H groups in total. The van der Waals surface area contributed by atoms with Crippen molar-refractivity contribution in [2.75, 3.05) is 31.7 Å². The number of aromatic amines is 1. The van der Waals surface area contributed by atoms with E-state index in [1.807, 2.05) is 0 Å². The summed E-state index contributed by atoms with van der Waals surface area (Å²) < 4.78 is 5.01. The second kappa shape index (κ2) is 6.11. The fourth-order valence-corrected chi connectivity index (χ4v) is 0.883. The molecule has 0 amide bonds. The number of nitrogens with one attached hydrogen (secondary N) is 2. The molecule has 0 saturated carbocycles. The molecule has 14 heavy (non-hydrogen) atoms. The quantitative estimate of drug-likeness (QED) is 0.522. The maximum absolute atomic E-state index is 10.8. The SMILES string of the molecule is O=c1cc(NCCOCCO)nc[nH]1. The molecule has 0 bridgehead atoms. The second-order valence-electron chi connectivity index (χ2n) is 2.56. The summed E-state index contributed by atoms with van der Waals surface area (Å²) in [6, 6.07) is 1.37. The van der Waals surface area contributed by atoms with Crippen molar-refractivity contribution < 1.29 is 9.84 Å². The van der Waals surface area contributed by atoms with Crippen molar-refractivity contribution in [1.82, 2.24) is 9.97 Å². The van der Waals surface area contributed by atoms with Crippen LogP contribution in [0.15, 0.2) is 17.2 Å². The van der Waals surface area contributed by atoms with Crippen LogP contribution in [0.4, 0.5) is 5.82 Å². The molecule has 1 rings (SSSR count). The number of anilines is 1. The van der Waals surface area contributed by atoms with Crippen LogP contribution in [-0.2, 0) is 4.74 Å². The van der Waals surface area contributed by atoms with E-state index in [0.717, 1.165) is 0 Å². The lowest BCUT2D eigenvalue weighted by molar-refractivity contribution is 0.0992. The van der Waals surface area contributed by atoms with E-state index in [2.05, 4.69) is 15.3 Å². The number of aromatic nitrogens is 2. The molecule has 6 heteroatoms. The van der Waals surface area contributed by atoms with Gasteiger partial charge in [0.1, 0.15) is 5.82 Å². The highest BCUT2D eigenvalue weighted by atomic mass is 16.5. The maximum atomic E-state index is 10.8. The molecule has 0 aliphatic heterocycles. The Hall–Kier alpha value is -1.40. The predicted molar refractivity (Wildman–Crippen MR) is 51.3 cm³/mol. The van der Waals surface area contributed by atoms with E-state index in [1.54, 1.807) is 0 Å². The Morgan fingerprint density at radius 3 is 3.14 bits per heavy atom. The van der Waals surface area contributed by atoms with Crippen LogP contribution in [0.3, 0.4) is 0 Å². The van der Waals surface area contributed by atoms with Crippen LogP contribution < -0.4 is 10.9 Å². The zero-order valence-electron chi connectivity index (χ0n) is 7.69. The van der Waals surface area contributed by atoms with E-state index >= 15 is 0 Å². The molecule has 6 nitrogen and oxygen atoms in total. The summed E-state index contributed by atoms with van der Waals surface area (Å²) in [7, 11) is 0. The first-order chi connectivity index (χ1) is 6.83. The number of hydrogen-bond donors (Lipinski definition) is 3. The maximum Gasteiger partial charge on any atom is 0.252 e. The van der Waals surface area contributed by atoms with Crippen LogP contribution >= 0.6 is 0 Å². The first-order valence-electron chi connectivity index (χ1n) is 4.30. The number of H-pyrrole nitrogens is 1. The number of nitrogens with zero attached hydrogens (tertiary/aromatic N) is 1. The van der Waals surface area contributed by atoms with Gasteiger partial charge in [0.25, 0.3) is 5.56 Å². The normalized spacial score (nSPS) is 10.1. The summed E-state index contributed by atoms with van der Waals surface area (Å²) >= 11 is 0. The third kappa shape index (κ3) is 4.01. The topological polar surface area (TPSA) is 87.2 Å². The van der Waals surface area contributed by atoms with Gasteiger partial charge in [0, 0.05) is 12.6 Å². The highest BCUT2D eigenvalue weighted by Gasteiger charge is 1.93. The molecule has 1 heterocycles. The minimum Gasteiger partial charge on any atom is -0.394 e. The van der Waals surface area contributed by atoms with Gasteiger partial charge in [-0.2, -0.15) is 0 Å². The fraction of sp³-hybridized carbons (Fsp3) is 0.500. The lowest BCUT2D eigenvalue weighted by atomic mass is 10.5. The molecule has 1 aromatic rings. The molecule has 78 valence electrons. The van der Waals surface area contributed by atoms with Crippen molar-refractivity contribution >= 4 is 5.82 Å². The third-order valence-electron chi connectivity index (χ3n) is 1.47. The summed E-state index contributed by atoms with van der Waals surface area (Å²) in [6.07, 6.45) is 1.33. The van der Waals surface area contributed by atoms with E-state index in [1.165, 1.54) is 12.4 Å². The van der Waals surface area contributed by atoms with Crippen molar-refractivity contribution in [3.8, 4) is 0 Å². The molecular weight excluding hydrogens is 186 g/mol. The molecular formula is C8H13N3O3. The number of rotatable bonds is 6. The molecule has 0 fully saturated rings. The van der Waals surface area contributed by atoms with Gasteiger partial charge in [0.2, 0.25) is 0 Å². The number of aliphatic hydroxyl groups is 1. The average molecular weight is 199 g/mol. The lowest BCUT2D eigenvalue weighted by Gasteiger charge is -2.04. The van der Waals surface area contributed by atoms with Gasteiger partial charge in [-0.05, 0) is 0 Å². The molecule has 0 aliphatic rings. The monoisotopic (exact) mass is 199 g/mol. The van der Waals surface area contributed by atoms with Crippen molar-refractivity contribution in [2.24, 2.45) is 0 Å². The third-order valence-corrected chi connectivity index (χ3v) is 1.47. The van der Waals surface area contributed by atoms with Gasteiger partial charge in [0.15, 0.2) is 0 Å². The Morgan fingerprint density at radius 2 is 2.43 bits per heavy atom. The van der Waals surface area contributed by atoms with E-state index in [9.17, 15) is 4.79 Å². The number of aliphatic hydroxyl groups excluding tert-OH is 1. The van der Waals surface area contributed by atoms with Crippen LogP contribution in [0.5, 0.6) is 0 Å². The summed E-state index contributed by atoms with van der Waals surface area (Å²) in [6.45, 7) is 1.36. The Balaban J connectivity index is 2.21. The average Bonchev–Trinajstić information content (AvgIpc) is 2.18. The standard InChI is InChI=1S/C8H13N3O3/c12-2-4-14-3-1-9-7-5-8(13)11-6-10-7/h5-6,12H,1-4H2,(H2,9,10,11,13). The Bertz CT molecular complexity index is 313. The van der Waals surface area contributed by atoms with Gasteiger partial charge >= 0.3 is 0 Å².